The molecule has 1 atom stereocenters. The van der Waals surface area contributed by atoms with E-state index in [0.717, 1.165) is 4.47 Å². The predicted octanol–water partition coefficient (Wildman–Crippen LogP) is 1.49. The van der Waals surface area contributed by atoms with Gasteiger partial charge in [0, 0.05) is 36.1 Å². The third kappa shape index (κ3) is 4.21. The highest BCUT2D eigenvalue weighted by Gasteiger charge is 2.13. The van der Waals surface area contributed by atoms with Crippen molar-refractivity contribution in [1.29, 1.82) is 0 Å². The maximum absolute atomic E-state index is 12.9. The van der Waals surface area contributed by atoms with Gasteiger partial charge in [-0.2, -0.15) is 0 Å². The first-order valence-electron chi connectivity index (χ1n) is 7.41. The number of benzene rings is 1. The fourth-order valence-electron chi connectivity index (χ4n) is 2.20. The van der Waals surface area contributed by atoms with Crippen molar-refractivity contribution < 1.29 is 5.11 Å². The SMILES string of the molecule is CN=C/C(=C\N)Cn1c(NC[C@H](C)O)nc2ccc(Br)cc2c1=O. The van der Waals surface area contributed by atoms with Crippen LogP contribution in [0.1, 0.15) is 6.92 Å². The van der Waals surface area contributed by atoms with E-state index in [4.69, 9.17) is 5.73 Å². The molecule has 1 heterocycles. The molecule has 0 amide bonds. The van der Waals surface area contributed by atoms with E-state index >= 15 is 0 Å². The van der Waals surface area contributed by atoms with E-state index in [1.54, 1.807) is 32.3 Å². The summed E-state index contributed by atoms with van der Waals surface area (Å²) in [5, 5.41) is 13.0. The Labute approximate surface area is 148 Å². The molecule has 0 radical (unpaired) electrons. The molecule has 24 heavy (non-hydrogen) atoms. The van der Waals surface area contributed by atoms with E-state index in [2.05, 4.69) is 31.2 Å². The van der Waals surface area contributed by atoms with Crippen LogP contribution in [0.25, 0.3) is 10.9 Å². The second-order valence-corrected chi connectivity index (χ2v) is 6.26. The van der Waals surface area contributed by atoms with Crippen LogP contribution in [0.15, 0.2) is 44.2 Å². The molecule has 2 aromatic rings. The largest absolute Gasteiger partial charge is 0.404 e. The first-order valence-corrected chi connectivity index (χ1v) is 8.20. The summed E-state index contributed by atoms with van der Waals surface area (Å²) in [5.41, 5.74) is 6.67. The predicted molar refractivity (Wildman–Crippen MR) is 101 cm³/mol. The Kier molecular flexibility index (Phi) is 6.10. The molecular formula is C16H20BrN5O2. The van der Waals surface area contributed by atoms with Crippen molar-refractivity contribution in [2.75, 3.05) is 18.9 Å². The van der Waals surface area contributed by atoms with E-state index in [1.807, 2.05) is 6.07 Å². The van der Waals surface area contributed by atoms with Crippen molar-refractivity contribution in [3.8, 4) is 0 Å². The normalized spacial score (nSPS) is 13.6. The maximum atomic E-state index is 12.9. The van der Waals surface area contributed by atoms with Gasteiger partial charge in [0.25, 0.3) is 5.56 Å². The molecule has 0 spiro atoms. The Morgan fingerprint density at radius 3 is 2.96 bits per heavy atom. The Morgan fingerprint density at radius 1 is 1.58 bits per heavy atom. The minimum Gasteiger partial charge on any atom is -0.404 e. The summed E-state index contributed by atoms with van der Waals surface area (Å²) in [6.07, 6.45) is 2.43. The molecule has 1 aromatic carbocycles. The van der Waals surface area contributed by atoms with Gasteiger partial charge in [0.2, 0.25) is 5.95 Å². The second-order valence-electron chi connectivity index (χ2n) is 5.35. The Bertz CT molecular complexity index is 842. The van der Waals surface area contributed by atoms with Gasteiger partial charge in [-0.3, -0.25) is 14.4 Å². The van der Waals surface area contributed by atoms with Crippen LogP contribution in [0.5, 0.6) is 0 Å². The van der Waals surface area contributed by atoms with Gasteiger partial charge >= 0.3 is 0 Å². The number of aromatic nitrogens is 2. The highest BCUT2D eigenvalue weighted by atomic mass is 79.9. The molecule has 0 aliphatic heterocycles. The number of hydrogen-bond acceptors (Lipinski definition) is 6. The van der Waals surface area contributed by atoms with Gasteiger partial charge in [0.1, 0.15) is 0 Å². The first kappa shape index (κ1) is 18.2. The van der Waals surface area contributed by atoms with Gasteiger partial charge in [-0.1, -0.05) is 15.9 Å². The van der Waals surface area contributed by atoms with Gasteiger partial charge < -0.3 is 16.2 Å². The summed E-state index contributed by atoms with van der Waals surface area (Å²) in [4.78, 5) is 21.3. The summed E-state index contributed by atoms with van der Waals surface area (Å²) in [5.74, 6) is 0.375. The zero-order valence-electron chi connectivity index (χ0n) is 13.5. The fraction of sp³-hybridized carbons (Fsp3) is 0.312. The third-order valence-electron chi connectivity index (χ3n) is 3.32. The number of anilines is 1. The summed E-state index contributed by atoms with van der Waals surface area (Å²) in [6, 6.07) is 5.33. The number of aliphatic imine (C=N–C) groups is 1. The van der Waals surface area contributed by atoms with Crippen molar-refractivity contribution in [2.24, 2.45) is 10.7 Å². The topological polar surface area (TPSA) is 106 Å². The second kappa shape index (κ2) is 8.07. The summed E-state index contributed by atoms with van der Waals surface area (Å²) in [7, 11) is 1.63. The molecule has 8 heteroatoms. The Morgan fingerprint density at radius 2 is 2.33 bits per heavy atom. The monoisotopic (exact) mass is 393 g/mol. The van der Waals surface area contributed by atoms with Crippen LogP contribution in [0, 0.1) is 0 Å². The third-order valence-corrected chi connectivity index (χ3v) is 3.81. The number of nitrogens with zero attached hydrogens (tertiary/aromatic N) is 3. The minimum absolute atomic E-state index is 0.196. The van der Waals surface area contributed by atoms with Crippen LogP contribution in [-0.2, 0) is 6.54 Å². The number of halogens is 1. The van der Waals surface area contributed by atoms with Crippen LogP contribution in [0.2, 0.25) is 0 Å². The van der Waals surface area contributed by atoms with E-state index in [-0.39, 0.29) is 18.6 Å². The molecule has 0 saturated carbocycles. The van der Waals surface area contributed by atoms with Crippen LogP contribution in [0.4, 0.5) is 5.95 Å². The molecule has 4 N–H and O–H groups in total. The summed E-state index contributed by atoms with van der Waals surface area (Å²) >= 11 is 3.37. The number of nitrogens with two attached hydrogens (primary N) is 1. The molecule has 0 aliphatic carbocycles. The van der Waals surface area contributed by atoms with Crippen LogP contribution < -0.4 is 16.6 Å². The number of allylic oxidation sites excluding steroid dienone is 1. The maximum Gasteiger partial charge on any atom is 0.263 e. The molecule has 0 aliphatic rings. The number of aliphatic hydroxyl groups is 1. The molecule has 7 nitrogen and oxygen atoms in total. The van der Waals surface area contributed by atoms with Crippen molar-refractivity contribution in [1.82, 2.24) is 9.55 Å². The van der Waals surface area contributed by atoms with E-state index < -0.39 is 6.10 Å². The highest BCUT2D eigenvalue weighted by Crippen LogP contribution is 2.18. The van der Waals surface area contributed by atoms with Crippen LogP contribution >= 0.6 is 15.9 Å². The number of nitrogens with one attached hydrogen (secondary N) is 1. The van der Waals surface area contributed by atoms with Crippen molar-refractivity contribution >= 4 is 39.0 Å². The number of fused-ring (bicyclic) bond motifs is 1. The lowest BCUT2D eigenvalue weighted by molar-refractivity contribution is 0.208. The van der Waals surface area contributed by atoms with Crippen molar-refractivity contribution in [3.05, 3.63) is 44.8 Å². The summed E-state index contributed by atoms with van der Waals surface area (Å²) in [6.45, 7) is 2.16. The molecule has 1 aromatic heterocycles. The lowest BCUT2D eigenvalue weighted by Crippen LogP contribution is -2.28. The quantitative estimate of drug-likeness (QED) is 0.644. The van der Waals surface area contributed by atoms with Gasteiger partial charge in [-0.15, -0.1) is 0 Å². The molecule has 2 rings (SSSR count). The van der Waals surface area contributed by atoms with Crippen LogP contribution in [0.3, 0.4) is 0 Å². The smallest absolute Gasteiger partial charge is 0.263 e. The number of hydrogen-bond donors (Lipinski definition) is 3. The lowest BCUT2D eigenvalue weighted by Gasteiger charge is -2.16. The molecule has 128 valence electrons. The van der Waals surface area contributed by atoms with Gasteiger partial charge in [0.15, 0.2) is 0 Å². The van der Waals surface area contributed by atoms with E-state index in [1.165, 1.54) is 10.8 Å². The van der Waals surface area contributed by atoms with Gasteiger partial charge in [0.05, 0.1) is 23.6 Å². The van der Waals surface area contributed by atoms with Crippen LogP contribution in [-0.4, -0.2) is 40.6 Å². The Balaban J connectivity index is 2.60. The van der Waals surface area contributed by atoms with Gasteiger partial charge in [-0.25, -0.2) is 4.98 Å². The number of rotatable bonds is 6. The molecule has 0 bridgehead atoms. The molecule has 0 unspecified atom stereocenters. The molecular weight excluding hydrogens is 374 g/mol. The standard InChI is InChI=1S/C16H20BrN5O2/c1-10(23)7-20-16-21-14-4-3-12(17)5-13(14)15(24)22(16)9-11(6-18)8-19-2/h3-6,8,10,23H,7,9,18H2,1-2H3,(H,20,21)/b11-6+,19-8?/t10-/m0/s1. The minimum atomic E-state index is -0.572. The highest BCUT2D eigenvalue weighted by molar-refractivity contribution is 9.10. The molecule has 0 fully saturated rings. The average Bonchev–Trinajstić information content (AvgIpc) is 2.55. The fourth-order valence-corrected chi connectivity index (χ4v) is 2.56. The van der Waals surface area contributed by atoms with E-state index in [9.17, 15) is 9.90 Å². The van der Waals surface area contributed by atoms with Crippen molar-refractivity contribution in [2.45, 2.75) is 19.6 Å². The number of aliphatic hydroxyl groups excluding tert-OH is 1. The van der Waals surface area contributed by atoms with E-state index in [0.29, 0.717) is 22.4 Å². The lowest BCUT2D eigenvalue weighted by atomic mass is 10.2. The Hall–Kier alpha value is -2.19. The first-order chi connectivity index (χ1) is 11.5. The van der Waals surface area contributed by atoms with Crippen molar-refractivity contribution in [3.63, 3.8) is 0 Å². The summed E-state index contributed by atoms with van der Waals surface area (Å²) < 4.78 is 2.28. The van der Waals surface area contributed by atoms with Gasteiger partial charge in [-0.05, 0) is 25.1 Å². The zero-order valence-corrected chi connectivity index (χ0v) is 15.1. The zero-order chi connectivity index (χ0) is 17.7. The molecule has 0 saturated heterocycles. The average molecular weight is 394 g/mol.